The molecular formula is C22H18N2O7. The standard InChI is InChI=1S/C22H18N2O7/c1-29-20(26)14-9-15(21(27)30-2)11-16(10-14)23-19(25)12-31-22(28)18-8-7-13-5-3-4-6-17(13)24-18/h3-11H,12H2,1-2H3,(H,23,25). The number of ether oxygens (including phenoxy) is 3. The summed E-state index contributed by atoms with van der Waals surface area (Å²) < 4.78 is 14.3. The minimum atomic E-state index is -0.764. The van der Waals surface area contributed by atoms with Gasteiger partial charge < -0.3 is 19.5 Å². The number of carbonyl (C=O) groups is 4. The second-order valence-corrected chi connectivity index (χ2v) is 6.30. The van der Waals surface area contributed by atoms with E-state index in [9.17, 15) is 19.2 Å². The zero-order valence-corrected chi connectivity index (χ0v) is 16.7. The molecule has 2 aromatic carbocycles. The molecule has 0 radical (unpaired) electrons. The maximum Gasteiger partial charge on any atom is 0.357 e. The van der Waals surface area contributed by atoms with Crippen LogP contribution in [-0.2, 0) is 19.0 Å². The molecule has 0 aliphatic carbocycles. The number of esters is 3. The van der Waals surface area contributed by atoms with Gasteiger partial charge in [-0.1, -0.05) is 24.3 Å². The van der Waals surface area contributed by atoms with Crippen LogP contribution < -0.4 is 5.32 Å². The third kappa shape index (κ3) is 5.21. The van der Waals surface area contributed by atoms with Gasteiger partial charge >= 0.3 is 17.9 Å². The summed E-state index contributed by atoms with van der Waals surface area (Å²) in [5.41, 5.74) is 0.896. The Labute approximate surface area is 176 Å². The van der Waals surface area contributed by atoms with Gasteiger partial charge in [-0.3, -0.25) is 4.79 Å². The first-order chi connectivity index (χ1) is 14.9. The Morgan fingerprint density at radius 1 is 0.839 bits per heavy atom. The fourth-order valence-corrected chi connectivity index (χ4v) is 2.75. The SMILES string of the molecule is COC(=O)c1cc(NC(=O)COC(=O)c2ccc3ccccc3n2)cc(C(=O)OC)c1. The molecule has 3 aromatic rings. The van der Waals surface area contributed by atoms with Crippen molar-refractivity contribution in [1.29, 1.82) is 0 Å². The number of rotatable bonds is 6. The van der Waals surface area contributed by atoms with Gasteiger partial charge in [-0.15, -0.1) is 0 Å². The first-order valence-corrected chi connectivity index (χ1v) is 9.05. The Morgan fingerprint density at radius 3 is 2.13 bits per heavy atom. The molecular weight excluding hydrogens is 404 g/mol. The third-order valence-electron chi connectivity index (χ3n) is 4.20. The predicted octanol–water partition coefficient (Wildman–Crippen LogP) is 2.60. The maximum atomic E-state index is 12.2. The molecule has 0 atom stereocenters. The lowest BCUT2D eigenvalue weighted by Crippen LogP contribution is -2.22. The second-order valence-electron chi connectivity index (χ2n) is 6.30. The van der Waals surface area contributed by atoms with Gasteiger partial charge in [0.1, 0.15) is 5.69 Å². The number of aromatic nitrogens is 1. The summed E-state index contributed by atoms with van der Waals surface area (Å²) >= 11 is 0. The van der Waals surface area contributed by atoms with Gasteiger partial charge in [0.15, 0.2) is 6.61 Å². The number of carbonyl (C=O) groups excluding carboxylic acids is 4. The highest BCUT2D eigenvalue weighted by Gasteiger charge is 2.16. The van der Waals surface area contributed by atoms with Crippen molar-refractivity contribution < 1.29 is 33.4 Å². The number of amides is 1. The molecule has 0 unspecified atom stereocenters. The second kappa shape index (κ2) is 9.49. The van der Waals surface area contributed by atoms with Gasteiger partial charge in [0.25, 0.3) is 5.91 Å². The minimum Gasteiger partial charge on any atom is -0.465 e. The van der Waals surface area contributed by atoms with E-state index in [0.29, 0.717) is 5.52 Å². The molecule has 0 spiro atoms. The maximum absolute atomic E-state index is 12.2. The van der Waals surface area contributed by atoms with Gasteiger partial charge in [-0.25, -0.2) is 19.4 Å². The summed E-state index contributed by atoms with van der Waals surface area (Å²) in [5.74, 6) is -2.84. The topological polar surface area (TPSA) is 121 Å². The van der Waals surface area contributed by atoms with Crippen LogP contribution in [0.1, 0.15) is 31.2 Å². The Morgan fingerprint density at radius 2 is 1.48 bits per heavy atom. The first-order valence-electron chi connectivity index (χ1n) is 9.05. The van der Waals surface area contributed by atoms with E-state index < -0.39 is 30.4 Å². The van der Waals surface area contributed by atoms with Crippen molar-refractivity contribution >= 4 is 40.4 Å². The number of hydrogen-bond donors (Lipinski definition) is 1. The van der Waals surface area contributed by atoms with E-state index in [4.69, 9.17) is 4.74 Å². The largest absolute Gasteiger partial charge is 0.465 e. The summed E-state index contributed by atoms with van der Waals surface area (Å²) in [6.45, 7) is -0.594. The average molecular weight is 422 g/mol. The molecule has 1 N–H and O–H groups in total. The molecule has 1 amide bonds. The number of nitrogens with one attached hydrogen (secondary N) is 1. The Kier molecular flexibility index (Phi) is 6.56. The fraction of sp³-hybridized carbons (Fsp3) is 0.136. The number of nitrogens with zero attached hydrogens (tertiary/aromatic N) is 1. The van der Waals surface area contributed by atoms with E-state index in [1.54, 1.807) is 18.2 Å². The summed E-state index contributed by atoms with van der Waals surface area (Å²) in [6.07, 6.45) is 0. The van der Waals surface area contributed by atoms with E-state index in [-0.39, 0.29) is 22.5 Å². The van der Waals surface area contributed by atoms with Crippen molar-refractivity contribution in [2.75, 3.05) is 26.1 Å². The summed E-state index contributed by atoms with van der Waals surface area (Å²) in [4.78, 5) is 52.3. The van der Waals surface area contributed by atoms with Crippen molar-refractivity contribution in [1.82, 2.24) is 4.98 Å². The molecule has 0 aliphatic rings. The quantitative estimate of drug-likeness (QED) is 0.475. The molecule has 0 bridgehead atoms. The number of anilines is 1. The van der Waals surface area contributed by atoms with Crippen LogP contribution in [-0.4, -0.2) is 49.6 Å². The van der Waals surface area contributed by atoms with Gasteiger partial charge in [0, 0.05) is 11.1 Å². The highest BCUT2D eigenvalue weighted by molar-refractivity contribution is 6.00. The van der Waals surface area contributed by atoms with Crippen LogP contribution in [0.15, 0.2) is 54.6 Å². The van der Waals surface area contributed by atoms with Gasteiger partial charge in [-0.2, -0.15) is 0 Å². The summed E-state index contributed by atoms with van der Waals surface area (Å²) in [7, 11) is 2.37. The Hall–Kier alpha value is -4.27. The molecule has 31 heavy (non-hydrogen) atoms. The fourth-order valence-electron chi connectivity index (χ4n) is 2.75. The number of para-hydroxylation sites is 1. The third-order valence-corrected chi connectivity index (χ3v) is 4.20. The molecule has 0 saturated carbocycles. The zero-order valence-electron chi connectivity index (χ0n) is 16.7. The number of hydrogen-bond acceptors (Lipinski definition) is 8. The van der Waals surface area contributed by atoms with Crippen LogP contribution in [0.4, 0.5) is 5.69 Å². The highest BCUT2D eigenvalue weighted by atomic mass is 16.5. The van der Waals surface area contributed by atoms with Crippen molar-refractivity contribution in [3.63, 3.8) is 0 Å². The van der Waals surface area contributed by atoms with Crippen molar-refractivity contribution in [2.24, 2.45) is 0 Å². The number of fused-ring (bicyclic) bond motifs is 1. The molecule has 3 rings (SSSR count). The monoisotopic (exact) mass is 422 g/mol. The molecule has 9 heteroatoms. The van der Waals surface area contributed by atoms with E-state index in [2.05, 4.69) is 19.8 Å². The molecule has 1 heterocycles. The number of benzene rings is 2. The smallest absolute Gasteiger partial charge is 0.357 e. The Bertz CT molecular complexity index is 1140. The van der Waals surface area contributed by atoms with Crippen molar-refractivity contribution in [3.8, 4) is 0 Å². The average Bonchev–Trinajstić information content (AvgIpc) is 2.80. The van der Waals surface area contributed by atoms with E-state index >= 15 is 0 Å². The molecule has 1 aromatic heterocycles. The van der Waals surface area contributed by atoms with Crippen LogP contribution in [0.25, 0.3) is 10.9 Å². The summed E-state index contributed by atoms with van der Waals surface area (Å²) in [5, 5.41) is 3.33. The normalized spacial score (nSPS) is 10.3. The van der Waals surface area contributed by atoms with Crippen LogP contribution >= 0.6 is 0 Å². The number of methoxy groups -OCH3 is 2. The molecule has 9 nitrogen and oxygen atoms in total. The first kappa shape index (κ1) is 21.4. The van der Waals surface area contributed by atoms with Crippen LogP contribution in [0.5, 0.6) is 0 Å². The highest BCUT2D eigenvalue weighted by Crippen LogP contribution is 2.17. The Balaban J connectivity index is 1.68. The van der Waals surface area contributed by atoms with Crippen LogP contribution in [0, 0.1) is 0 Å². The molecule has 0 saturated heterocycles. The minimum absolute atomic E-state index is 0.0399. The molecule has 0 aliphatic heterocycles. The van der Waals surface area contributed by atoms with Gasteiger partial charge in [0.05, 0.1) is 30.9 Å². The molecule has 0 fully saturated rings. The molecule has 158 valence electrons. The van der Waals surface area contributed by atoms with Crippen molar-refractivity contribution in [3.05, 3.63) is 71.4 Å². The zero-order chi connectivity index (χ0) is 22.4. The van der Waals surface area contributed by atoms with Gasteiger partial charge in [-0.05, 0) is 30.3 Å². The van der Waals surface area contributed by atoms with Crippen molar-refractivity contribution in [2.45, 2.75) is 0 Å². The number of pyridine rings is 1. The van der Waals surface area contributed by atoms with E-state index in [1.807, 2.05) is 12.1 Å². The van der Waals surface area contributed by atoms with Crippen LogP contribution in [0.2, 0.25) is 0 Å². The van der Waals surface area contributed by atoms with E-state index in [0.717, 1.165) is 5.39 Å². The lowest BCUT2D eigenvalue weighted by atomic mass is 10.1. The lowest BCUT2D eigenvalue weighted by Gasteiger charge is -2.10. The summed E-state index contributed by atoms with van der Waals surface area (Å²) in [6, 6.07) is 14.4. The van der Waals surface area contributed by atoms with Crippen LogP contribution in [0.3, 0.4) is 0 Å². The lowest BCUT2D eigenvalue weighted by molar-refractivity contribution is -0.119. The van der Waals surface area contributed by atoms with E-state index in [1.165, 1.54) is 38.5 Å². The predicted molar refractivity (Wildman–Crippen MR) is 110 cm³/mol. The van der Waals surface area contributed by atoms with Gasteiger partial charge in [0.2, 0.25) is 0 Å².